The van der Waals surface area contributed by atoms with Crippen molar-refractivity contribution >= 4 is 66.5 Å². The number of nitrogens with zero attached hydrogens (tertiary/aromatic N) is 2. The summed E-state index contributed by atoms with van der Waals surface area (Å²) in [5, 5.41) is 12.4. The number of ether oxygens (including phenoxy) is 1. The Balaban J connectivity index is 1.51. The third kappa shape index (κ3) is 5.71. The molecular formula is C24H14Br2FN3O2S. The largest absolute Gasteiger partial charge is 0.486 e. The van der Waals surface area contributed by atoms with Gasteiger partial charge in [0.2, 0.25) is 0 Å². The van der Waals surface area contributed by atoms with Crippen molar-refractivity contribution in [1.29, 1.82) is 5.26 Å². The molecule has 0 aromatic heterocycles. The lowest BCUT2D eigenvalue weighted by molar-refractivity contribution is -0.115. The lowest BCUT2D eigenvalue weighted by Crippen LogP contribution is -2.19. The van der Waals surface area contributed by atoms with Gasteiger partial charge in [-0.15, -0.1) is 0 Å². The summed E-state index contributed by atoms with van der Waals surface area (Å²) in [5.74, 6) is -0.0194. The van der Waals surface area contributed by atoms with E-state index in [0.29, 0.717) is 36.0 Å². The number of benzene rings is 3. The second-order valence-corrected chi connectivity index (χ2v) is 9.57. The number of hydrogen-bond donors (Lipinski definition) is 1. The van der Waals surface area contributed by atoms with Crippen LogP contribution in [0.2, 0.25) is 0 Å². The highest BCUT2D eigenvalue weighted by Gasteiger charge is 2.24. The molecule has 0 radical (unpaired) electrons. The third-order valence-corrected chi connectivity index (χ3v) is 6.62. The first kappa shape index (κ1) is 23.2. The number of halogens is 3. The van der Waals surface area contributed by atoms with E-state index in [4.69, 9.17) is 4.74 Å². The van der Waals surface area contributed by atoms with Crippen LogP contribution in [0.1, 0.15) is 16.7 Å². The van der Waals surface area contributed by atoms with Gasteiger partial charge in [0.25, 0.3) is 5.91 Å². The number of amidine groups is 1. The fourth-order valence-electron chi connectivity index (χ4n) is 2.97. The first-order valence-corrected chi connectivity index (χ1v) is 12.0. The van der Waals surface area contributed by atoms with Crippen LogP contribution in [-0.4, -0.2) is 11.1 Å². The van der Waals surface area contributed by atoms with Crippen LogP contribution in [0.3, 0.4) is 0 Å². The molecular weight excluding hydrogens is 573 g/mol. The van der Waals surface area contributed by atoms with Gasteiger partial charge >= 0.3 is 0 Å². The molecule has 1 amide bonds. The zero-order valence-corrected chi connectivity index (χ0v) is 20.8. The summed E-state index contributed by atoms with van der Waals surface area (Å²) in [7, 11) is 0. The minimum Gasteiger partial charge on any atom is -0.486 e. The van der Waals surface area contributed by atoms with Crippen LogP contribution >= 0.6 is 43.6 Å². The zero-order valence-electron chi connectivity index (χ0n) is 16.8. The fourth-order valence-corrected chi connectivity index (χ4v) is 5.26. The predicted molar refractivity (Wildman–Crippen MR) is 135 cm³/mol. The molecule has 0 atom stereocenters. The van der Waals surface area contributed by atoms with E-state index in [0.717, 1.165) is 11.1 Å². The second kappa shape index (κ2) is 10.3. The standard InChI is InChI=1S/C24H14Br2FN3O2S/c25-19-9-14(10-20(26)22(19)32-13-16-4-2-1-3-15(16)12-28)11-21-23(31)30-24(33-21)29-18-7-5-17(27)6-8-18/h1-11H,13H2,(H,29,30,31)/b21-11+. The second-order valence-electron chi connectivity index (χ2n) is 6.83. The monoisotopic (exact) mass is 585 g/mol. The Morgan fingerprint density at radius 2 is 1.82 bits per heavy atom. The van der Waals surface area contributed by atoms with Gasteiger partial charge in [0.15, 0.2) is 5.17 Å². The molecule has 0 aliphatic carbocycles. The molecule has 1 saturated heterocycles. The van der Waals surface area contributed by atoms with Crippen molar-refractivity contribution in [3.05, 3.63) is 97.0 Å². The summed E-state index contributed by atoms with van der Waals surface area (Å²) in [6.45, 7) is 0.239. The zero-order chi connectivity index (χ0) is 23.4. The maximum absolute atomic E-state index is 13.1. The molecule has 0 unspecified atom stereocenters. The van der Waals surface area contributed by atoms with Crippen LogP contribution in [0.5, 0.6) is 5.75 Å². The predicted octanol–water partition coefficient (Wildman–Crippen LogP) is 6.69. The van der Waals surface area contributed by atoms with E-state index in [-0.39, 0.29) is 18.3 Å². The maximum Gasteiger partial charge on any atom is 0.264 e. The van der Waals surface area contributed by atoms with E-state index < -0.39 is 0 Å². The Morgan fingerprint density at radius 3 is 2.52 bits per heavy atom. The molecule has 0 bridgehead atoms. The average molecular weight is 587 g/mol. The molecule has 1 aliphatic rings. The quantitative estimate of drug-likeness (QED) is 0.338. The molecule has 1 heterocycles. The van der Waals surface area contributed by atoms with Crippen molar-refractivity contribution in [2.45, 2.75) is 6.61 Å². The van der Waals surface area contributed by atoms with Gasteiger partial charge in [-0.1, -0.05) is 18.2 Å². The number of carbonyl (C=O) groups excluding carboxylic acids is 1. The summed E-state index contributed by atoms with van der Waals surface area (Å²) < 4.78 is 20.4. The molecule has 0 saturated carbocycles. The van der Waals surface area contributed by atoms with Crippen molar-refractivity contribution in [2.75, 3.05) is 0 Å². The SMILES string of the molecule is N#Cc1ccccc1COc1c(Br)cc(/C=C2/SC(=Nc3ccc(F)cc3)NC2=O)cc1Br. The lowest BCUT2D eigenvalue weighted by atomic mass is 10.1. The van der Waals surface area contributed by atoms with Gasteiger partial charge in [-0.2, -0.15) is 5.26 Å². The molecule has 9 heteroatoms. The highest BCUT2D eigenvalue weighted by molar-refractivity contribution is 9.11. The van der Waals surface area contributed by atoms with E-state index in [1.54, 1.807) is 24.3 Å². The minimum absolute atomic E-state index is 0.239. The van der Waals surface area contributed by atoms with Crippen LogP contribution in [0.4, 0.5) is 10.1 Å². The number of amides is 1. The molecule has 1 fully saturated rings. The molecule has 4 rings (SSSR count). The van der Waals surface area contributed by atoms with Crippen LogP contribution in [0.15, 0.2) is 79.5 Å². The number of thioether (sulfide) groups is 1. The van der Waals surface area contributed by atoms with E-state index in [1.165, 1.54) is 23.9 Å². The van der Waals surface area contributed by atoms with Crippen LogP contribution < -0.4 is 10.1 Å². The number of nitrogens with one attached hydrogen (secondary N) is 1. The summed E-state index contributed by atoms with van der Waals surface area (Å²) in [5.41, 5.74) is 2.68. The number of carbonyl (C=O) groups is 1. The van der Waals surface area contributed by atoms with Gasteiger partial charge in [0.1, 0.15) is 18.2 Å². The van der Waals surface area contributed by atoms with E-state index in [2.05, 4.69) is 48.2 Å². The number of rotatable bonds is 5. The molecule has 1 aliphatic heterocycles. The number of hydrogen-bond acceptors (Lipinski definition) is 5. The molecule has 3 aromatic rings. The average Bonchev–Trinajstić information content (AvgIpc) is 3.13. The Bertz CT molecular complexity index is 1310. The highest BCUT2D eigenvalue weighted by atomic mass is 79.9. The topological polar surface area (TPSA) is 74.5 Å². The van der Waals surface area contributed by atoms with Gasteiger partial charge in [0.05, 0.1) is 31.2 Å². The van der Waals surface area contributed by atoms with Crippen LogP contribution in [0, 0.1) is 17.1 Å². The third-order valence-electron chi connectivity index (χ3n) is 4.54. The van der Waals surface area contributed by atoms with Crippen molar-refractivity contribution in [2.24, 2.45) is 4.99 Å². The number of nitriles is 1. The molecule has 33 heavy (non-hydrogen) atoms. The van der Waals surface area contributed by atoms with E-state index in [9.17, 15) is 14.4 Å². The Morgan fingerprint density at radius 1 is 1.12 bits per heavy atom. The van der Waals surface area contributed by atoms with Crippen molar-refractivity contribution < 1.29 is 13.9 Å². The Labute approximate surface area is 210 Å². The van der Waals surface area contributed by atoms with E-state index >= 15 is 0 Å². The molecule has 0 spiro atoms. The molecule has 1 N–H and O–H groups in total. The minimum atomic E-state index is -0.347. The van der Waals surface area contributed by atoms with Gasteiger partial charge in [0, 0.05) is 5.56 Å². The normalized spacial score (nSPS) is 15.5. The summed E-state index contributed by atoms with van der Waals surface area (Å²) in [4.78, 5) is 17.2. The van der Waals surface area contributed by atoms with Gasteiger partial charge in [-0.3, -0.25) is 4.79 Å². The van der Waals surface area contributed by atoms with Crippen molar-refractivity contribution in [3.63, 3.8) is 0 Å². The Kier molecular flexibility index (Phi) is 7.28. The van der Waals surface area contributed by atoms with Crippen LogP contribution in [0.25, 0.3) is 6.08 Å². The van der Waals surface area contributed by atoms with Gasteiger partial charge < -0.3 is 10.1 Å². The first-order valence-electron chi connectivity index (χ1n) is 9.58. The number of aliphatic imine (C=N–C) groups is 1. The molecule has 5 nitrogen and oxygen atoms in total. The van der Waals surface area contributed by atoms with Gasteiger partial charge in [-0.25, -0.2) is 9.38 Å². The van der Waals surface area contributed by atoms with Crippen LogP contribution in [-0.2, 0) is 11.4 Å². The van der Waals surface area contributed by atoms with Crippen molar-refractivity contribution in [1.82, 2.24) is 5.32 Å². The highest BCUT2D eigenvalue weighted by Crippen LogP contribution is 2.37. The maximum atomic E-state index is 13.1. The summed E-state index contributed by atoms with van der Waals surface area (Å²) in [6, 6.07) is 18.8. The smallest absolute Gasteiger partial charge is 0.264 e. The summed E-state index contributed by atoms with van der Waals surface area (Å²) >= 11 is 8.25. The first-order chi connectivity index (χ1) is 15.9. The summed E-state index contributed by atoms with van der Waals surface area (Å²) in [6.07, 6.45) is 1.75. The van der Waals surface area contributed by atoms with Crippen molar-refractivity contribution in [3.8, 4) is 11.8 Å². The lowest BCUT2D eigenvalue weighted by Gasteiger charge is -2.12. The van der Waals surface area contributed by atoms with E-state index in [1.807, 2.05) is 30.3 Å². The Hall–Kier alpha value is -2.93. The molecule has 3 aromatic carbocycles. The fraction of sp³-hybridized carbons (Fsp3) is 0.0417. The molecule has 164 valence electrons. The van der Waals surface area contributed by atoms with Gasteiger partial charge in [-0.05, 0) is 97.7 Å².